The van der Waals surface area contributed by atoms with Crippen molar-refractivity contribution in [3.05, 3.63) is 90.5 Å². The molecule has 0 bridgehead atoms. The maximum atomic E-state index is 13.4. The summed E-state index contributed by atoms with van der Waals surface area (Å²) in [5, 5.41) is 0. The summed E-state index contributed by atoms with van der Waals surface area (Å²) in [6.45, 7) is 0. The normalized spacial score (nSPS) is 11.3. The van der Waals surface area contributed by atoms with E-state index in [0.29, 0.717) is 11.4 Å². The molecular formula is C19H14F3N. The second kappa shape index (κ2) is 6.16. The van der Waals surface area contributed by atoms with Gasteiger partial charge in [0.25, 0.3) is 0 Å². The second-order valence-corrected chi connectivity index (χ2v) is 5.02. The van der Waals surface area contributed by atoms with Gasteiger partial charge in [-0.05, 0) is 36.4 Å². The molecule has 0 aliphatic heterocycles. The van der Waals surface area contributed by atoms with Gasteiger partial charge in [-0.25, -0.2) is 0 Å². The molecule has 0 radical (unpaired) electrons. The average Bonchev–Trinajstić information content (AvgIpc) is 2.57. The number of benzene rings is 3. The van der Waals surface area contributed by atoms with Crippen molar-refractivity contribution in [3.8, 4) is 0 Å². The monoisotopic (exact) mass is 313 g/mol. The fraction of sp³-hybridized carbons (Fsp3) is 0.0526. The molecule has 1 nitrogen and oxygen atoms in total. The lowest BCUT2D eigenvalue weighted by Gasteiger charge is -2.28. The van der Waals surface area contributed by atoms with Crippen LogP contribution in [0.1, 0.15) is 5.56 Å². The number of alkyl halides is 3. The molecule has 23 heavy (non-hydrogen) atoms. The number of para-hydroxylation sites is 3. The smallest absolute Gasteiger partial charge is 0.310 e. The second-order valence-electron chi connectivity index (χ2n) is 5.02. The van der Waals surface area contributed by atoms with Crippen LogP contribution in [0.15, 0.2) is 84.9 Å². The predicted octanol–water partition coefficient (Wildman–Crippen LogP) is 6.18. The zero-order valence-corrected chi connectivity index (χ0v) is 12.2. The van der Waals surface area contributed by atoms with Crippen LogP contribution in [0.4, 0.5) is 30.2 Å². The van der Waals surface area contributed by atoms with Crippen LogP contribution in [0.5, 0.6) is 0 Å². The molecule has 0 amide bonds. The maximum Gasteiger partial charge on any atom is 0.418 e. The van der Waals surface area contributed by atoms with Gasteiger partial charge in [0.1, 0.15) is 0 Å². The zero-order chi connectivity index (χ0) is 16.3. The van der Waals surface area contributed by atoms with E-state index in [4.69, 9.17) is 0 Å². The highest BCUT2D eigenvalue weighted by molar-refractivity contribution is 5.78. The van der Waals surface area contributed by atoms with Crippen molar-refractivity contribution in [2.45, 2.75) is 6.18 Å². The van der Waals surface area contributed by atoms with Gasteiger partial charge in [0.2, 0.25) is 0 Å². The Morgan fingerprint density at radius 1 is 0.565 bits per heavy atom. The van der Waals surface area contributed by atoms with Crippen LogP contribution in [0, 0.1) is 0 Å². The van der Waals surface area contributed by atoms with Crippen LogP contribution in [-0.4, -0.2) is 0 Å². The predicted molar refractivity (Wildman–Crippen MR) is 86.1 cm³/mol. The van der Waals surface area contributed by atoms with Crippen molar-refractivity contribution in [3.63, 3.8) is 0 Å². The number of nitrogens with zero attached hydrogens (tertiary/aromatic N) is 1. The van der Waals surface area contributed by atoms with Gasteiger partial charge >= 0.3 is 6.18 Å². The Hall–Kier alpha value is -2.75. The van der Waals surface area contributed by atoms with Crippen LogP contribution in [0.2, 0.25) is 0 Å². The van der Waals surface area contributed by atoms with Crippen molar-refractivity contribution in [2.24, 2.45) is 0 Å². The van der Waals surface area contributed by atoms with Crippen LogP contribution in [0.3, 0.4) is 0 Å². The molecular weight excluding hydrogens is 299 g/mol. The van der Waals surface area contributed by atoms with Gasteiger partial charge in [-0.15, -0.1) is 0 Å². The van der Waals surface area contributed by atoms with Crippen LogP contribution in [-0.2, 0) is 6.18 Å². The van der Waals surface area contributed by atoms with Crippen LogP contribution in [0.25, 0.3) is 0 Å². The lowest BCUT2D eigenvalue weighted by atomic mass is 10.1. The van der Waals surface area contributed by atoms with Crippen molar-refractivity contribution >= 4 is 17.1 Å². The maximum absolute atomic E-state index is 13.4. The summed E-state index contributed by atoms with van der Waals surface area (Å²) >= 11 is 0. The van der Waals surface area contributed by atoms with Crippen LogP contribution >= 0.6 is 0 Å². The van der Waals surface area contributed by atoms with Gasteiger partial charge in [-0.3, -0.25) is 0 Å². The van der Waals surface area contributed by atoms with Crippen molar-refractivity contribution in [1.82, 2.24) is 0 Å². The molecule has 0 heterocycles. The number of hydrogen-bond donors (Lipinski definition) is 0. The summed E-state index contributed by atoms with van der Waals surface area (Å²) < 4.78 is 40.2. The molecule has 0 saturated carbocycles. The molecule has 0 aliphatic carbocycles. The zero-order valence-electron chi connectivity index (χ0n) is 12.2. The third-order valence-electron chi connectivity index (χ3n) is 3.48. The number of anilines is 3. The fourth-order valence-corrected chi connectivity index (χ4v) is 2.49. The molecule has 0 N–H and O–H groups in total. The largest absolute Gasteiger partial charge is 0.418 e. The topological polar surface area (TPSA) is 3.24 Å². The van der Waals surface area contributed by atoms with Crippen molar-refractivity contribution in [1.29, 1.82) is 0 Å². The minimum absolute atomic E-state index is 0.109. The molecule has 0 spiro atoms. The standard InChI is InChI=1S/C19H14F3N/c20-19(21,22)17-13-7-8-14-18(17)23(15-9-3-1-4-10-15)16-11-5-2-6-12-16/h1-14H. The summed E-state index contributed by atoms with van der Waals surface area (Å²) in [6.07, 6.45) is -4.42. The molecule has 0 unspecified atom stereocenters. The van der Waals surface area contributed by atoms with Gasteiger partial charge in [0.05, 0.1) is 11.3 Å². The van der Waals surface area contributed by atoms with E-state index < -0.39 is 11.7 Å². The minimum atomic E-state index is -4.42. The summed E-state index contributed by atoms with van der Waals surface area (Å²) in [5.41, 5.74) is 0.802. The van der Waals surface area contributed by atoms with Gasteiger partial charge in [0.15, 0.2) is 0 Å². The summed E-state index contributed by atoms with van der Waals surface area (Å²) in [6, 6.07) is 23.7. The first-order chi connectivity index (χ1) is 11.1. The average molecular weight is 313 g/mol. The minimum Gasteiger partial charge on any atom is -0.310 e. The van der Waals surface area contributed by atoms with Gasteiger partial charge in [-0.1, -0.05) is 48.5 Å². The first-order valence-electron chi connectivity index (χ1n) is 7.14. The van der Waals surface area contributed by atoms with E-state index in [1.54, 1.807) is 35.2 Å². The number of halogens is 3. The lowest BCUT2D eigenvalue weighted by molar-refractivity contribution is -0.137. The Morgan fingerprint density at radius 2 is 1.00 bits per heavy atom. The van der Waals surface area contributed by atoms with Gasteiger partial charge in [0, 0.05) is 11.4 Å². The van der Waals surface area contributed by atoms with Crippen molar-refractivity contribution in [2.75, 3.05) is 4.90 Å². The fourth-order valence-electron chi connectivity index (χ4n) is 2.49. The Morgan fingerprint density at radius 3 is 1.48 bits per heavy atom. The molecule has 116 valence electrons. The lowest BCUT2D eigenvalue weighted by Crippen LogP contribution is -2.16. The van der Waals surface area contributed by atoms with Gasteiger partial charge in [-0.2, -0.15) is 13.2 Å². The van der Waals surface area contributed by atoms with E-state index in [0.717, 1.165) is 6.07 Å². The third kappa shape index (κ3) is 3.21. The van der Waals surface area contributed by atoms with E-state index in [2.05, 4.69) is 0 Å². The molecule has 0 aliphatic rings. The van der Waals surface area contributed by atoms with E-state index in [1.165, 1.54) is 12.1 Å². The Labute approximate surface area is 132 Å². The molecule has 3 aromatic carbocycles. The van der Waals surface area contributed by atoms with Gasteiger partial charge < -0.3 is 4.90 Å². The summed E-state index contributed by atoms with van der Waals surface area (Å²) in [7, 11) is 0. The first-order valence-corrected chi connectivity index (χ1v) is 7.14. The first kappa shape index (κ1) is 15.2. The van der Waals surface area contributed by atoms with E-state index in [1.807, 2.05) is 36.4 Å². The highest BCUT2D eigenvalue weighted by Crippen LogP contribution is 2.42. The third-order valence-corrected chi connectivity index (χ3v) is 3.48. The molecule has 3 rings (SSSR count). The molecule has 0 fully saturated rings. The Balaban J connectivity index is 2.22. The molecule has 0 atom stereocenters. The van der Waals surface area contributed by atoms with E-state index >= 15 is 0 Å². The molecule has 0 saturated heterocycles. The number of rotatable bonds is 3. The quantitative estimate of drug-likeness (QED) is 0.558. The molecule has 3 aromatic rings. The molecule has 0 aromatic heterocycles. The highest BCUT2D eigenvalue weighted by Gasteiger charge is 2.35. The summed E-state index contributed by atoms with van der Waals surface area (Å²) in [5.74, 6) is 0. The Bertz CT molecular complexity index is 728. The number of hydrogen-bond acceptors (Lipinski definition) is 1. The SMILES string of the molecule is FC(F)(F)c1ccccc1N(c1ccccc1)c1ccccc1. The molecule has 4 heteroatoms. The van der Waals surface area contributed by atoms with Crippen LogP contribution < -0.4 is 4.90 Å². The van der Waals surface area contributed by atoms with Crippen molar-refractivity contribution < 1.29 is 13.2 Å². The summed E-state index contributed by atoms with van der Waals surface area (Å²) in [4.78, 5) is 1.61. The van der Waals surface area contributed by atoms with E-state index in [-0.39, 0.29) is 5.69 Å². The highest BCUT2D eigenvalue weighted by atomic mass is 19.4. The van der Waals surface area contributed by atoms with E-state index in [9.17, 15) is 13.2 Å². The Kier molecular flexibility index (Phi) is 4.06.